The molecule has 1 saturated heterocycles. The lowest BCUT2D eigenvalue weighted by Crippen LogP contribution is -2.46. The summed E-state index contributed by atoms with van der Waals surface area (Å²) >= 11 is 0. The summed E-state index contributed by atoms with van der Waals surface area (Å²) < 4.78 is 33.0. The van der Waals surface area contributed by atoms with Crippen LogP contribution in [0.25, 0.3) is 0 Å². The second kappa shape index (κ2) is 8.89. The SMILES string of the molecule is CN(Cc1n[nH]c2c1CCCCC2)C(=O)C1COCCN(S(=O)(=O)N(C)C)C1. The molecule has 158 valence electrons. The summed E-state index contributed by atoms with van der Waals surface area (Å²) in [6, 6.07) is 0. The van der Waals surface area contributed by atoms with Crippen molar-refractivity contribution in [2.24, 2.45) is 5.92 Å². The van der Waals surface area contributed by atoms with Gasteiger partial charge in [0, 0.05) is 39.9 Å². The Morgan fingerprint density at radius 2 is 2.00 bits per heavy atom. The lowest BCUT2D eigenvalue weighted by atomic mass is 10.1. The molecule has 3 rings (SSSR count). The Morgan fingerprint density at radius 1 is 1.25 bits per heavy atom. The zero-order valence-corrected chi connectivity index (χ0v) is 17.8. The van der Waals surface area contributed by atoms with E-state index < -0.39 is 16.1 Å². The third-order valence-electron chi connectivity index (χ3n) is 5.52. The first-order chi connectivity index (χ1) is 13.3. The van der Waals surface area contributed by atoms with Crippen molar-refractivity contribution in [2.45, 2.75) is 38.6 Å². The van der Waals surface area contributed by atoms with Gasteiger partial charge in [-0.1, -0.05) is 6.42 Å². The van der Waals surface area contributed by atoms with Crippen LogP contribution >= 0.6 is 0 Å². The van der Waals surface area contributed by atoms with Gasteiger partial charge in [0.1, 0.15) is 0 Å². The quantitative estimate of drug-likeness (QED) is 0.704. The molecule has 0 saturated carbocycles. The predicted octanol–water partition coefficient (Wildman–Crippen LogP) is 0.392. The summed E-state index contributed by atoms with van der Waals surface area (Å²) in [5, 5.41) is 7.57. The second-order valence-corrected chi connectivity index (χ2v) is 9.94. The highest BCUT2D eigenvalue weighted by Crippen LogP contribution is 2.23. The molecule has 10 heteroatoms. The summed E-state index contributed by atoms with van der Waals surface area (Å²) in [6.45, 7) is 1.31. The van der Waals surface area contributed by atoms with Crippen molar-refractivity contribution >= 4 is 16.1 Å². The highest BCUT2D eigenvalue weighted by molar-refractivity contribution is 7.86. The number of hydrogen-bond acceptors (Lipinski definition) is 5. The third kappa shape index (κ3) is 4.56. The molecule has 1 aliphatic heterocycles. The molecule has 0 bridgehead atoms. The topological polar surface area (TPSA) is 98.8 Å². The predicted molar refractivity (Wildman–Crippen MR) is 105 cm³/mol. The molecular weight excluding hydrogens is 382 g/mol. The maximum absolute atomic E-state index is 13.0. The van der Waals surface area contributed by atoms with Crippen LogP contribution in [0.4, 0.5) is 0 Å². The number of carbonyl (C=O) groups is 1. The molecule has 0 spiro atoms. The Labute approximate surface area is 167 Å². The smallest absolute Gasteiger partial charge is 0.281 e. The van der Waals surface area contributed by atoms with E-state index in [2.05, 4.69) is 10.2 Å². The molecule has 2 aliphatic rings. The standard InChI is InChI=1S/C18H31N5O4S/c1-21(2)28(25,26)23-9-10-27-13-14(11-23)18(24)22(3)12-17-15-7-5-4-6-8-16(15)19-20-17/h14H,4-13H2,1-3H3,(H,19,20). The second-order valence-electron chi connectivity index (χ2n) is 7.80. The zero-order valence-electron chi connectivity index (χ0n) is 17.0. The maximum atomic E-state index is 13.0. The van der Waals surface area contributed by atoms with Crippen molar-refractivity contribution < 1.29 is 17.9 Å². The Hall–Kier alpha value is -1.49. The number of carbonyl (C=O) groups excluding carboxylic acids is 1. The number of ether oxygens (including phenoxy) is 1. The molecule has 9 nitrogen and oxygen atoms in total. The molecule has 1 amide bonds. The Morgan fingerprint density at radius 3 is 2.75 bits per heavy atom. The highest BCUT2D eigenvalue weighted by Gasteiger charge is 2.34. The van der Waals surface area contributed by atoms with Gasteiger partial charge in [-0.3, -0.25) is 9.89 Å². The fourth-order valence-corrected chi connectivity index (χ4v) is 4.98. The molecule has 1 aliphatic carbocycles. The van der Waals surface area contributed by atoms with E-state index in [-0.39, 0.29) is 32.2 Å². The minimum Gasteiger partial charge on any atom is -0.379 e. The lowest BCUT2D eigenvalue weighted by Gasteiger charge is -2.27. The van der Waals surface area contributed by atoms with Crippen LogP contribution in [0.15, 0.2) is 0 Å². The number of nitrogens with zero attached hydrogens (tertiary/aromatic N) is 4. The molecule has 0 aromatic carbocycles. The summed E-state index contributed by atoms with van der Waals surface area (Å²) in [4.78, 5) is 14.7. The van der Waals surface area contributed by atoms with Crippen molar-refractivity contribution in [3.05, 3.63) is 17.0 Å². The van der Waals surface area contributed by atoms with Crippen LogP contribution in [0.3, 0.4) is 0 Å². The van der Waals surface area contributed by atoms with Crippen molar-refractivity contribution in [3.63, 3.8) is 0 Å². The van der Waals surface area contributed by atoms with E-state index in [1.54, 1.807) is 11.9 Å². The van der Waals surface area contributed by atoms with Crippen LogP contribution in [0.2, 0.25) is 0 Å². The van der Waals surface area contributed by atoms with Gasteiger partial charge in [-0.2, -0.15) is 22.1 Å². The number of nitrogens with one attached hydrogen (secondary N) is 1. The number of amides is 1. The van der Waals surface area contributed by atoms with Gasteiger partial charge in [0.25, 0.3) is 10.2 Å². The molecule has 28 heavy (non-hydrogen) atoms. The first-order valence-corrected chi connectivity index (χ1v) is 11.3. The summed E-state index contributed by atoms with van der Waals surface area (Å²) in [5.41, 5.74) is 3.35. The number of aromatic nitrogens is 2. The van der Waals surface area contributed by atoms with Crippen LogP contribution in [0.5, 0.6) is 0 Å². The third-order valence-corrected chi connectivity index (χ3v) is 7.43. The van der Waals surface area contributed by atoms with Crippen molar-refractivity contribution in [1.29, 1.82) is 0 Å². The Balaban J connectivity index is 1.69. The van der Waals surface area contributed by atoms with Crippen LogP contribution in [-0.4, -0.2) is 85.5 Å². The van der Waals surface area contributed by atoms with Crippen LogP contribution in [0.1, 0.15) is 36.2 Å². The van der Waals surface area contributed by atoms with Crippen molar-refractivity contribution in [1.82, 2.24) is 23.7 Å². The van der Waals surface area contributed by atoms with Gasteiger partial charge in [-0.15, -0.1) is 0 Å². The largest absolute Gasteiger partial charge is 0.379 e. The van der Waals surface area contributed by atoms with E-state index >= 15 is 0 Å². The summed E-state index contributed by atoms with van der Waals surface area (Å²) in [6.07, 6.45) is 5.52. The summed E-state index contributed by atoms with van der Waals surface area (Å²) in [7, 11) is 1.15. The average molecular weight is 414 g/mol. The normalized spacial score (nSPS) is 21.8. The van der Waals surface area contributed by atoms with Crippen LogP contribution < -0.4 is 0 Å². The van der Waals surface area contributed by atoms with Crippen LogP contribution in [0, 0.1) is 5.92 Å². The van der Waals surface area contributed by atoms with Crippen molar-refractivity contribution in [3.8, 4) is 0 Å². The molecule has 1 N–H and O–H groups in total. The van der Waals surface area contributed by atoms with Gasteiger partial charge in [0.05, 0.1) is 31.4 Å². The number of hydrogen-bond donors (Lipinski definition) is 1. The van der Waals surface area contributed by atoms with Gasteiger partial charge in [0.15, 0.2) is 0 Å². The van der Waals surface area contributed by atoms with E-state index in [0.29, 0.717) is 6.54 Å². The maximum Gasteiger partial charge on any atom is 0.281 e. The molecular formula is C18H31N5O4S. The number of rotatable bonds is 5. The molecule has 1 aromatic heterocycles. The monoisotopic (exact) mass is 413 g/mol. The molecule has 0 radical (unpaired) electrons. The Bertz CT molecular complexity index is 792. The molecule has 1 fully saturated rings. The lowest BCUT2D eigenvalue weighted by molar-refractivity contribution is -0.136. The minimum absolute atomic E-state index is 0.119. The first-order valence-electron chi connectivity index (χ1n) is 9.86. The van der Waals surface area contributed by atoms with Gasteiger partial charge in [-0.25, -0.2) is 0 Å². The molecule has 1 unspecified atom stereocenters. The fourth-order valence-electron chi connectivity index (χ4n) is 3.84. The van der Waals surface area contributed by atoms with Gasteiger partial charge in [-0.05, 0) is 31.2 Å². The van der Waals surface area contributed by atoms with E-state index in [0.717, 1.165) is 25.0 Å². The van der Waals surface area contributed by atoms with Crippen LogP contribution in [-0.2, 0) is 39.1 Å². The average Bonchev–Trinajstić information content (AvgIpc) is 2.88. The minimum atomic E-state index is -3.58. The van der Waals surface area contributed by atoms with Gasteiger partial charge >= 0.3 is 0 Å². The van der Waals surface area contributed by atoms with Crippen molar-refractivity contribution in [2.75, 3.05) is 47.4 Å². The number of H-pyrrole nitrogens is 1. The zero-order chi connectivity index (χ0) is 20.3. The van der Waals surface area contributed by atoms with E-state index in [4.69, 9.17) is 4.74 Å². The van der Waals surface area contributed by atoms with E-state index in [9.17, 15) is 13.2 Å². The molecule has 2 heterocycles. The number of fused-ring (bicyclic) bond motifs is 1. The van der Waals surface area contributed by atoms with Gasteiger partial charge < -0.3 is 9.64 Å². The summed E-state index contributed by atoms with van der Waals surface area (Å²) in [5.74, 6) is -0.647. The Kier molecular flexibility index (Phi) is 6.74. The molecule has 1 atom stereocenters. The number of aromatic amines is 1. The highest BCUT2D eigenvalue weighted by atomic mass is 32.2. The first kappa shape index (κ1) is 21.2. The molecule has 1 aromatic rings. The van der Waals surface area contributed by atoms with Gasteiger partial charge in [0.2, 0.25) is 5.91 Å². The van der Waals surface area contributed by atoms with E-state index in [1.165, 1.54) is 46.8 Å². The van der Waals surface area contributed by atoms with E-state index in [1.807, 2.05) is 0 Å². The number of aryl methyl sites for hydroxylation is 1. The fraction of sp³-hybridized carbons (Fsp3) is 0.778.